The van der Waals surface area contributed by atoms with Crippen LogP contribution < -0.4 is 0 Å². The number of aryl methyl sites for hydroxylation is 2. The highest BCUT2D eigenvalue weighted by Crippen LogP contribution is 2.44. The molecule has 282 valence electrons. The van der Waals surface area contributed by atoms with Crippen molar-refractivity contribution in [3.8, 4) is 0 Å². The van der Waals surface area contributed by atoms with Crippen LogP contribution in [0.2, 0.25) is 0 Å². The second-order valence-electron chi connectivity index (χ2n) is 14.0. The molecule has 0 spiro atoms. The fraction of sp³-hybridized carbons (Fsp3) is 0.561. The number of aromatic nitrogens is 2. The highest BCUT2D eigenvalue weighted by Gasteiger charge is 2.26. The van der Waals surface area contributed by atoms with Crippen molar-refractivity contribution < 1.29 is 33.8 Å². The Labute approximate surface area is 323 Å². The number of ether oxygens (including phenoxy) is 2. The summed E-state index contributed by atoms with van der Waals surface area (Å²) in [6.45, 7) is 7.55. The van der Waals surface area contributed by atoms with Crippen LogP contribution in [0.5, 0.6) is 0 Å². The molecular formula is C41H52Br2N2O7. The van der Waals surface area contributed by atoms with Crippen LogP contribution in [0, 0.1) is 13.8 Å². The lowest BCUT2D eigenvalue weighted by atomic mass is 9.84. The average Bonchev–Trinajstić information content (AvgIpc) is 3.58. The zero-order valence-corrected chi connectivity index (χ0v) is 33.6. The first-order valence-corrected chi connectivity index (χ1v) is 20.3. The molecule has 1 aliphatic heterocycles. The van der Waals surface area contributed by atoms with Gasteiger partial charge in [0.05, 0.1) is 22.4 Å². The van der Waals surface area contributed by atoms with E-state index in [0.29, 0.717) is 25.0 Å². The lowest BCUT2D eigenvalue weighted by molar-refractivity contribution is -0.193. The summed E-state index contributed by atoms with van der Waals surface area (Å²) in [5.74, 6) is 1.36. The van der Waals surface area contributed by atoms with E-state index in [4.69, 9.17) is 28.7 Å². The van der Waals surface area contributed by atoms with Gasteiger partial charge in [0.1, 0.15) is 0 Å². The Morgan fingerprint density at radius 2 is 1.13 bits per heavy atom. The second kappa shape index (κ2) is 21.7. The number of hydrogen-bond acceptors (Lipinski definition) is 7. The van der Waals surface area contributed by atoms with E-state index in [0.717, 1.165) is 26.0 Å². The van der Waals surface area contributed by atoms with Crippen LogP contribution >= 0.6 is 31.9 Å². The largest absolute Gasteiger partial charge is 0.395 e. The molecule has 3 aliphatic rings. The van der Waals surface area contributed by atoms with Crippen LogP contribution in [0.25, 0.3) is 21.8 Å². The van der Waals surface area contributed by atoms with Gasteiger partial charge in [0, 0.05) is 41.5 Å². The highest BCUT2D eigenvalue weighted by atomic mass is 79.9. The maximum Gasteiger partial charge on any atom is 0.373 e. The SMILES string of the molecule is Cc1ccc2c(C3CCCCC3)c(Br)n(CCO)c2c1.Cc1ccc2c(C3CCCCC3)c(Br)n(CCOC3CCCCO3)c2c1.O=C=O.O=C=O. The standard InChI is InChI=1S/C22H30BrNO2.C17H22BrNO.2CO2/c1-16-10-11-18-19(15-16)24(12-14-26-20-9-5-6-13-25-20)22(23)21(18)17-7-3-2-4-8-17;1-12-7-8-14-15(11-12)19(9-10-20)17(18)16(14)13-5-3-2-4-6-13;2*2-1-3/h10-11,15,17,20H,2-9,12-14H2,1H3;7-8,11,13,20H,2-6,9-10H2,1H3;;. The number of aliphatic hydroxyl groups excluding tert-OH is 1. The topological polar surface area (TPSA) is 117 Å². The Hall–Kier alpha value is -2.88. The van der Waals surface area contributed by atoms with Gasteiger partial charge in [-0.15, -0.1) is 0 Å². The van der Waals surface area contributed by atoms with Crippen LogP contribution in [0.4, 0.5) is 0 Å². The number of nitrogens with zero attached hydrogens (tertiary/aromatic N) is 2. The molecule has 2 aromatic carbocycles. The van der Waals surface area contributed by atoms with Crippen molar-refractivity contribution >= 4 is 66.0 Å². The molecule has 52 heavy (non-hydrogen) atoms. The van der Waals surface area contributed by atoms with Crippen LogP contribution in [0.3, 0.4) is 0 Å². The van der Waals surface area contributed by atoms with Gasteiger partial charge in [-0.1, -0.05) is 62.8 Å². The van der Waals surface area contributed by atoms with Crippen LogP contribution in [0.15, 0.2) is 45.6 Å². The first-order chi connectivity index (χ1) is 25.3. The Balaban J connectivity index is 0.000000207. The molecule has 0 amide bonds. The Morgan fingerprint density at radius 1 is 0.692 bits per heavy atom. The third-order valence-corrected chi connectivity index (χ3v) is 12.2. The minimum absolute atomic E-state index is 0.0103. The highest BCUT2D eigenvalue weighted by molar-refractivity contribution is 9.10. The summed E-state index contributed by atoms with van der Waals surface area (Å²) < 4.78 is 18.8. The Kier molecular flexibility index (Phi) is 17.5. The minimum Gasteiger partial charge on any atom is -0.395 e. The fourth-order valence-electron chi connectivity index (χ4n) is 8.12. The predicted octanol–water partition coefficient (Wildman–Crippen LogP) is 9.89. The summed E-state index contributed by atoms with van der Waals surface area (Å²) in [6.07, 6.45) is 17.3. The number of rotatable bonds is 8. The Morgan fingerprint density at radius 3 is 1.56 bits per heavy atom. The molecule has 0 radical (unpaired) electrons. The van der Waals surface area contributed by atoms with Crippen molar-refractivity contribution in [2.75, 3.05) is 19.8 Å². The summed E-state index contributed by atoms with van der Waals surface area (Å²) in [5.41, 5.74) is 8.17. The molecule has 3 fully saturated rings. The summed E-state index contributed by atoms with van der Waals surface area (Å²) >= 11 is 7.76. The first kappa shape index (κ1) is 41.9. The molecular weight excluding hydrogens is 792 g/mol. The number of carbonyl (C=O) groups excluding carboxylic acids is 4. The number of benzene rings is 2. The third kappa shape index (κ3) is 10.8. The van der Waals surface area contributed by atoms with Gasteiger partial charge >= 0.3 is 12.3 Å². The molecule has 1 unspecified atom stereocenters. The van der Waals surface area contributed by atoms with E-state index in [2.05, 4.69) is 91.2 Å². The monoisotopic (exact) mass is 842 g/mol. The molecule has 4 aromatic rings. The van der Waals surface area contributed by atoms with Crippen molar-refractivity contribution in [1.29, 1.82) is 0 Å². The lowest BCUT2D eigenvalue weighted by Crippen LogP contribution is -2.24. The van der Waals surface area contributed by atoms with E-state index in [1.54, 1.807) is 0 Å². The summed E-state index contributed by atoms with van der Waals surface area (Å²) in [7, 11) is 0. The van der Waals surface area contributed by atoms with E-state index in [1.807, 2.05) is 0 Å². The molecule has 9 nitrogen and oxygen atoms in total. The van der Waals surface area contributed by atoms with Gasteiger partial charge in [-0.2, -0.15) is 19.2 Å². The van der Waals surface area contributed by atoms with E-state index in [-0.39, 0.29) is 25.2 Å². The normalized spacial score (nSPS) is 17.9. The molecule has 1 saturated heterocycles. The predicted molar refractivity (Wildman–Crippen MR) is 207 cm³/mol. The molecule has 11 heteroatoms. The van der Waals surface area contributed by atoms with Gasteiger partial charge in [-0.05, 0) is 137 Å². The number of fused-ring (bicyclic) bond motifs is 2. The lowest BCUT2D eigenvalue weighted by Gasteiger charge is -2.23. The maximum absolute atomic E-state index is 9.35. The quantitative estimate of drug-likeness (QED) is 0.188. The van der Waals surface area contributed by atoms with Gasteiger partial charge < -0.3 is 23.7 Å². The molecule has 0 bridgehead atoms. The first-order valence-electron chi connectivity index (χ1n) is 18.7. The zero-order valence-electron chi connectivity index (χ0n) is 30.5. The molecule has 2 saturated carbocycles. The van der Waals surface area contributed by atoms with Crippen molar-refractivity contribution in [3.63, 3.8) is 0 Å². The average molecular weight is 845 g/mol. The van der Waals surface area contributed by atoms with Crippen molar-refractivity contribution in [3.05, 3.63) is 67.9 Å². The van der Waals surface area contributed by atoms with Gasteiger partial charge in [0.25, 0.3) is 0 Å². The van der Waals surface area contributed by atoms with Gasteiger partial charge in [0.15, 0.2) is 6.29 Å². The summed E-state index contributed by atoms with van der Waals surface area (Å²) in [4.78, 5) is 32.5. The van der Waals surface area contributed by atoms with Crippen LogP contribution in [0.1, 0.15) is 118 Å². The molecule has 1 atom stereocenters. The van der Waals surface area contributed by atoms with Crippen LogP contribution in [-0.2, 0) is 41.7 Å². The molecule has 1 N–H and O–H groups in total. The maximum atomic E-state index is 9.35. The molecule has 7 rings (SSSR count). The second-order valence-corrected chi connectivity index (χ2v) is 15.5. The van der Waals surface area contributed by atoms with E-state index in [1.165, 1.54) is 124 Å². The third-order valence-electron chi connectivity index (χ3n) is 10.5. The van der Waals surface area contributed by atoms with Gasteiger partial charge in [-0.25, -0.2) is 0 Å². The van der Waals surface area contributed by atoms with E-state index >= 15 is 0 Å². The fourth-order valence-corrected chi connectivity index (χ4v) is 9.94. The van der Waals surface area contributed by atoms with E-state index < -0.39 is 0 Å². The minimum atomic E-state index is -0.0103. The van der Waals surface area contributed by atoms with Crippen molar-refractivity contribution in [1.82, 2.24) is 9.13 Å². The smallest absolute Gasteiger partial charge is 0.373 e. The van der Waals surface area contributed by atoms with Crippen LogP contribution in [-0.4, -0.2) is 52.7 Å². The van der Waals surface area contributed by atoms with Crippen molar-refractivity contribution in [2.45, 2.75) is 129 Å². The number of aliphatic hydroxyl groups is 1. The number of hydrogen-bond donors (Lipinski definition) is 1. The molecule has 3 heterocycles. The van der Waals surface area contributed by atoms with Gasteiger partial charge in [-0.3, -0.25) is 0 Å². The molecule has 2 aromatic heterocycles. The summed E-state index contributed by atoms with van der Waals surface area (Å²) in [6, 6.07) is 13.6. The number of halogens is 2. The van der Waals surface area contributed by atoms with E-state index in [9.17, 15) is 5.11 Å². The summed E-state index contributed by atoms with van der Waals surface area (Å²) in [5, 5.41) is 12.1. The van der Waals surface area contributed by atoms with Crippen molar-refractivity contribution in [2.24, 2.45) is 0 Å². The Bertz CT molecular complexity index is 1770. The molecule has 2 aliphatic carbocycles. The zero-order chi connectivity index (χ0) is 37.5. The van der Waals surface area contributed by atoms with Gasteiger partial charge in [0.2, 0.25) is 0 Å².